The summed E-state index contributed by atoms with van der Waals surface area (Å²) in [5.74, 6) is 0.926. The van der Waals surface area contributed by atoms with E-state index in [1.165, 1.54) is 20.3 Å². The normalized spacial score (nSPS) is 11.7. The van der Waals surface area contributed by atoms with E-state index in [0.29, 0.717) is 18.0 Å². The van der Waals surface area contributed by atoms with Gasteiger partial charge in [0.2, 0.25) is 10.0 Å². The maximum atomic E-state index is 12.2. The van der Waals surface area contributed by atoms with Gasteiger partial charge in [-0.2, -0.15) is 0 Å². The first-order valence-corrected chi connectivity index (χ1v) is 7.75. The van der Waals surface area contributed by atoms with Gasteiger partial charge in [0.25, 0.3) is 0 Å². The van der Waals surface area contributed by atoms with Gasteiger partial charge in [0, 0.05) is 24.2 Å². The lowest BCUT2D eigenvalue weighted by atomic mass is 10.2. The standard InChI is InChI=1S/C13H22N2O4S/c1-9(2)15-20(16,17)11-6-10(8-14-3)13(19-5)12(7-11)18-4/h6-7,9,14-15H,8H2,1-5H3. The Balaban J connectivity index is 3.39. The number of sulfonamides is 1. The van der Waals surface area contributed by atoms with Crippen LogP contribution in [0.2, 0.25) is 0 Å². The Morgan fingerprint density at radius 2 is 1.85 bits per heavy atom. The molecule has 1 rings (SSSR count). The van der Waals surface area contributed by atoms with Gasteiger partial charge in [0.15, 0.2) is 11.5 Å². The lowest BCUT2D eigenvalue weighted by molar-refractivity contribution is 0.350. The second kappa shape index (κ2) is 6.92. The Bertz CT molecular complexity index is 556. The molecule has 1 aromatic carbocycles. The van der Waals surface area contributed by atoms with Crippen LogP contribution in [0, 0.1) is 0 Å². The van der Waals surface area contributed by atoms with Crippen molar-refractivity contribution in [3.63, 3.8) is 0 Å². The highest BCUT2D eigenvalue weighted by Crippen LogP contribution is 2.34. The van der Waals surface area contributed by atoms with Crippen molar-refractivity contribution in [1.82, 2.24) is 10.0 Å². The molecule has 7 heteroatoms. The highest BCUT2D eigenvalue weighted by atomic mass is 32.2. The van der Waals surface area contributed by atoms with Crippen molar-refractivity contribution in [1.29, 1.82) is 0 Å². The average molecular weight is 302 g/mol. The van der Waals surface area contributed by atoms with E-state index in [1.807, 2.05) is 0 Å². The smallest absolute Gasteiger partial charge is 0.240 e. The monoisotopic (exact) mass is 302 g/mol. The fraction of sp³-hybridized carbons (Fsp3) is 0.538. The van der Waals surface area contributed by atoms with E-state index in [9.17, 15) is 8.42 Å². The zero-order valence-electron chi connectivity index (χ0n) is 12.5. The molecule has 0 bridgehead atoms. The predicted octanol–water partition coefficient (Wildman–Crippen LogP) is 1.11. The Kier molecular flexibility index (Phi) is 5.79. The first-order chi connectivity index (χ1) is 9.35. The second-order valence-electron chi connectivity index (χ2n) is 4.62. The van der Waals surface area contributed by atoms with E-state index in [1.54, 1.807) is 27.0 Å². The molecule has 2 N–H and O–H groups in total. The van der Waals surface area contributed by atoms with Gasteiger partial charge in [-0.15, -0.1) is 0 Å². The summed E-state index contributed by atoms with van der Waals surface area (Å²) in [6.07, 6.45) is 0. The number of nitrogens with one attached hydrogen (secondary N) is 2. The van der Waals surface area contributed by atoms with E-state index < -0.39 is 10.0 Å². The van der Waals surface area contributed by atoms with Crippen molar-refractivity contribution in [3.05, 3.63) is 17.7 Å². The van der Waals surface area contributed by atoms with Crippen LogP contribution < -0.4 is 19.5 Å². The van der Waals surface area contributed by atoms with Gasteiger partial charge in [0.1, 0.15) is 0 Å². The zero-order valence-corrected chi connectivity index (χ0v) is 13.3. The van der Waals surface area contributed by atoms with Crippen LogP contribution in [0.15, 0.2) is 17.0 Å². The van der Waals surface area contributed by atoms with Gasteiger partial charge in [-0.1, -0.05) is 0 Å². The molecule has 0 saturated heterocycles. The minimum atomic E-state index is -3.57. The number of ether oxygens (including phenoxy) is 2. The first kappa shape index (κ1) is 16.7. The molecule has 0 aliphatic heterocycles. The van der Waals surface area contributed by atoms with Crippen molar-refractivity contribution < 1.29 is 17.9 Å². The van der Waals surface area contributed by atoms with Gasteiger partial charge in [0.05, 0.1) is 19.1 Å². The van der Waals surface area contributed by atoms with Gasteiger partial charge in [-0.3, -0.25) is 0 Å². The van der Waals surface area contributed by atoms with Crippen LogP contribution >= 0.6 is 0 Å². The summed E-state index contributed by atoms with van der Waals surface area (Å²) in [5, 5.41) is 2.98. The fourth-order valence-corrected chi connectivity index (χ4v) is 3.19. The molecule has 114 valence electrons. The molecule has 1 aromatic rings. The molecule has 6 nitrogen and oxygen atoms in total. The topological polar surface area (TPSA) is 76.7 Å². The van der Waals surface area contributed by atoms with Crippen molar-refractivity contribution in [3.8, 4) is 11.5 Å². The predicted molar refractivity (Wildman–Crippen MR) is 77.8 cm³/mol. The minimum Gasteiger partial charge on any atom is -0.493 e. The fourth-order valence-electron chi connectivity index (χ4n) is 1.87. The van der Waals surface area contributed by atoms with E-state index in [-0.39, 0.29) is 10.9 Å². The first-order valence-electron chi connectivity index (χ1n) is 6.27. The summed E-state index contributed by atoms with van der Waals surface area (Å²) in [6, 6.07) is 2.87. The maximum absolute atomic E-state index is 12.2. The Hall–Kier alpha value is -1.31. The number of hydrogen-bond donors (Lipinski definition) is 2. The minimum absolute atomic E-state index is 0.161. The lowest BCUT2D eigenvalue weighted by Crippen LogP contribution is -2.30. The summed E-state index contributed by atoms with van der Waals surface area (Å²) >= 11 is 0. The molecule has 0 aliphatic carbocycles. The number of methoxy groups -OCH3 is 2. The second-order valence-corrected chi connectivity index (χ2v) is 6.34. The van der Waals surface area contributed by atoms with Crippen LogP contribution in [0.5, 0.6) is 11.5 Å². The third-order valence-corrected chi connectivity index (χ3v) is 4.24. The van der Waals surface area contributed by atoms with Crippen LogP contribution in [0.3, 0.4) is 0 Å². The average Bonchev–Trinajstić information content (AvgIpc) is 2.36. The van der Waals surface area contributed by atoms with Gasteiger partial charge in [-0.05, 0) is 27.0 Å². The van der Waals surface area contributed by atoms with Crippen LogP contribution in [-0.2, 0) is 16.6 Å². The Labute approximate surface area is 120 Å². The molecular formula is C13H22N2O4S. The van der Waals surface area contributed by atoms with Crippen molar-refractivity contribution in [2.75, 3.05) is 21.3 Å². The van der Waals surface area contributed by atoms with E-state index >= 15 is 0 Å². The van der Waals surface area contributed by atoms with E-state index in [4.69, 9.17) is 9.47 Å². The van der Waals surface area contributed by atoms with Crippen LogP contribution in [0.25, 0.3) is 0 Å². The van der Waals surface area contributed by atoms with Crippen LogP contribution in [0.4, 0.5) is 0 Å². The van der Waals surface area contributed by atoms with Crippen molar-refractivity contribution in [2.45, 2.75) is 31.3 Å². The highest BCUT2D eigenvalue weighted by molar-refractivity contribution is 7.89. The summed E-state index contributed by atoms with van der Waals surface area (Å²) in [4.78, 5) is 0.161. The third-order valence-electron chi connectivity index (χ3n) is 2.60. The molecule has 0 radical (unpaired) electrons. The molecule has 0 fully saturated rings. The van der Waals surface area contributed by atoms with Gasteiger partial charge < -0.3 is 14.8 Å². The van der Waals surface area contributed by atoms with E-state index in [0.717, 1.165) is 5.56 Å². The third kappa shape index (κ3) is 3.84. The number of rotatable bonds is 7. The van der Waals surface area contributed by atoms with Crippen molar-refractivity contribution in [2.24, 2.45) is 0 Å². The quantitative estimate of drug-likeness (QED) is 0.789. The van der Waals surface area contributed by atoms with Crippen LogP contribution in [-0.4, -0.2) is 35.7 Å². The molecule has 0 aliphatic rings. The molecule has 20 heavy (non-hydrogen) atoms. The molecule has 0 unspecified atom stereocenters. The molecule has 0 heterocycles. The molecule has 0 atom stereocenters. The van der Waals surface area contributed by atoms with Gasteiger partial charge >= 0.3 is 0 Å². The molecular weight excluding hydrogens is 280 g/mol. The summed E-state index contributed by atoms with van der Waals surface area (Å²) < 4.78 is 37.5. The summed E-state index contributed by atoms with van der Waals surface area (Å²) in [7, 11) is 1.21. The number of hydrogen-bond acceptors (Lipinski definition) is 5. The Morgan fingerprint density at radius 1 is 1.20 bits per heavy atom. The van der Waals surface area contributed by atoms with E-state index in [2.05, 4.69) is 10.0 Å². The number of benzene rings is 1. The molecule has 0 aromatic heterocycles. The largest absolute Gasteiger partial charge is 0.493 e. The summed E-state index contributed by atoms with van der Waals surface area (Å²) in [5.41, 5.74) is 0.721. The lowest BCUT2D eigenvalue weighted by Gasteiger charge is -2.16. The Morgan fingerprint density at radius 3 is 2.30 bits per heavy atom. The molecule has 0 saturated carbocycles. The highest BCUT2D eigenvalue weighted by Gasteiger charge is 2.21. The SMILES string of the molecule is CNCc1cc(S(=O)(=O)NC(C)C)cc(OC)c1OC. The maximum Gasteiger partial charge on any atom is 0.240 e. The van der Waals surface area contributed by atoms with Gasteiger partial charge in [-0.25, -0.2) is 13.1 Å². The summed E-state index contributed by atoms with van der Waals surface area (Å²) in [6.45, 7) is 4.02. The van der Waals surface area contributed by atoms with Crippen molar-refractivity contribution >= 4 is 10.0 Å². The molecule has 0 spiro atoms. The zero-order chi connectivity index (χ0) is 15.3. The van der Waals surface area contributed by atoms with Crippen LogP contribution in [0.1, 0.15) is 19.4 Å². The molecule has 0 amide bonds.